The molecule has 3 nitrogen and oxygen atoms in total. The Balaban J connectivity index is 2.40. The monoisotopic (exact) mass is 248 g/mol. The predicted octanol–water partition coefficient (Wildman–Crippen LogP) is 3.42. The van der Waals surface area contributed by atoms with Gasteiger partial charge in [-0.25, -0.2) is 0 Å². The van der Waals surface area contributed by atoms with Crippen LogP contribution in [0.15, 0.2) is 18.2 Å². The number of benzene rings is 1. The van der Waals surface area contributed by atoms with Crippen LogP contribution < -0.4 is 10.5 Å². The summed E-state index contributed by atoms with van der Waals surface area (Å²) in [6, 6.07) is 6.22. The lowest BCUT2D eigenvalue weighted by Gasteiger charge is -2.22. The number of aryl methyl sites for hydroxylation is 2. The SMILES string of the molecule is Cc1cc(C)cc(OCCCC(C)(C)C(=N)N)c1. The summed E-state index contributed by atoms with van der Waals surface area (Å²) in [4.78, 5) is 0. The van der Waals surface area contributed by atoms with Crippen molar-refractivity contribution in [1.29, 1.82) is 5.41 Å². The van der Waals surface area contributed by atoms with Crippen molar-refractivity contribution in [3.8, 4) is 5.75 Å². The van der Waals surface area contributed by atoms with Gasteiger partial charge in [-0.3, -0.25) is 5.41 Å². The number of amidine groups is 1. The Kier molecular flexibility index (Phi) is 4.76. The summed E-state index contributed by atoms with van der Waals surface area (Å²) in [5, 5.41) is 7.49. The Bertz CT molecular complexity index is 404. The van der Waals surface area contributed by atoms with Gasteiger partial charge in [-0.15, -0.1) is 0 Å². The zero-order valence-corrected chi connectivity index (χ0v) is 11.8. The molecule has 0 unspecified atom stereocenters. The molecule has 0 amide bonds. The fourth-order valence-corrected chi connectivity index (χ4v) is 1.86. The minimum atomic E-state index is -0.230. The van der Waals surface area contributed by atoms with Gasteiger partial charge in [0.2, 0.25) is 0 Å². The highest BCUT2D eigenvalue weighted by molar-refractivity contribution is 5.82. The molecule has 0 saturated heterocycles. The van der Waals surface area contributed by atoms with Crippen molar-refractivity contribution in [2.24, 2.45) is 11.1 Å². The van der Waals surface area contributed by atoms with Crippen LogP contribution in [0.25, 0.3) is 0 Å². The van der Waals surface area contributed by atoms with Gasteiger partial charge in [-0.1, -0.05) is 19.9 Å². The van der Waals surface area contributed by atoms with Crippen LogP contribution in [0.1, 0.15) is 37.8 Å². The average molecular weight is 248 g/mol. The summed E-state index contributed by atoms with van der Waals surface area (Å²) in [6.45, 7) is 8.79. The Labute approximate surface area is 110 Å². The highest BCUT2D eigenvalue weighted by Crippen LogP contribution is 2.22. The van der Waals surface area contributed by atoms with E-state index in [0.717, 1.165) is 18.6 Å². The van der Waals surface area contributed by atoms with Gasteiger partial charge in [0.25, 0.3) is 0 Å². The van der Waals surface area contributed by atoms with E-state index in [1.165, 1.54) is 11.1 Å². The smallest absolute Gasteiger partial charge is 0.119 e. The first kappa shape index (κ1) is 14.6. The fourth-order valence-electron chi connectivity index (χ4n) is 1.86. The van der Waals surface area contributed by atoms with Crippen molar-refractivity contribution in [3.63, 3.8) is 0 Å². The maximum atomic E-state index is 7.49. The minimum absolute atomic E-state index is 0.230. The van der Waals surface area contributed by atoms with E-state index >= 15 is 0 Å². The molecule has 0 fully saturated rings. The number of ether oxygens (including phenoxy) is 1. The number of nitrogens with one attached hydrogen (secondary N) is 1. The molecule has 0 aliphatic rings. The van der Waals surface area contributed by atoms with Gasteiger partial charge in [-0.2, -0.15) is 0 Å². The van der Waals surface area contributed by atoms with E-state index < -0.39 is 0 Å². The van der Waals surface area contributed by atoms with E-state index in [9.17, 15) is 0 Å². The Morgan fingerprint density at radius 3 is 2.28 bits per heavy atom. The summed E-state index contributed by atoms with van der Waals surface area (Å²) >= 11 is 0. The number of rotatable bonds is 6. The highest BCUT2D eigenvalue weighted by Gasteiger charge is 2.20. The van der Waals surface area contributed by atoms with E-state index in [4.69, 9.17) is 15.9 Å². The summed E-state index contributed by atoms with van der Waals surface area (Å²) in [5.41, 5.74) is 7.75. The van der Waals surface area contributed by atoms with Gasteiger partial charge in [0.15, 0.2) is 0 Å². The summed E-state index contributed by atoms with van der Waals surface area (Å²) in [7, 11) is 0. The van der Waals surface area contributed by atoms with Gasteiger partial charge in [-0.05, 0) is 49.9 Å². The highest BCUT2D eigenvalue weighted by atomic mass is 16.5. The lowest BCUT2D eigenvalue weighted by Crippen LogP contribution is -2.31. The van der Waals surface area contributed by atoms with E-state index in [0.29, 0.717) is 6.61 Å². The van der Waals surface area contributed by atoms with Gasteiger partial charge in [0.05, 0.1) is 12.4 Å². The topological polar surface area (TPSA) is 59.1 Å². The summed E-state index contributed by atoms with van der Waals surface area (Å²) < 4.78 is 5.73. The molecule has 0 spiro atoms. The molecule has 100 valence electrons. The lowest BCUT2D eigenvalue weighted by atomic mass is 9.87. The molecule has 1 aromatic rings. The van der Waals surface area contributed by atoms with Crippen molar-refractivity contribution in [2.45, 2.75) is 40.5 Å². The van der Waals surface area contributed by atoms with Crippen molar-refractivity contribution in [2.75, 3.05) is 6.61 Å². The molecule has 0 saturated carbocycles. The second kappa shape index (κ2) is 5.89. The molecule has 0 heterocycles. The Morgan fingerprint density at radius 2 is 1.78 bits per heavy atom. The van der Waals surface area contributed by atoms with E-state index in [2.05, 4.69) is 19.9 Å². The first-order valence-corrected chi connectivity index (χ1v) is 6.37. The summed E-state index contributed by atoms with van der Waals surface area (Å²) in [6.07, 6.45) is 1.77. The third kappa shape index (κ3) is 4.40. The maximum absolute atomic E-state index is 7.49. The largest absolute Gasteiger partial charge is 0.494 e. The second-order valence-electron chi connectivity index (χ2n) is 5.57. The zero-order chi connectivity index (χ0) is 13.8. The van der Waals surface area contributed by atoms with Gasteiger partial charge in [0, 0.05) is 5.41 Å². The predicted molar refractivity (Wildman–Crippen MR) is 76.3 cm³/mol. The van der Waals surface area contributed by atoms with E-state index in [-0.39, 0.29) is 11.3 Å². The van der Waals surface area contributed by atoms with E-state index in [1.54, 1.807) is 0 Å². The average Bonchev–Trinajstić information content (AvgIpc) is 2.23. The molecule has 0 radical (unpaired) electrons. The van der Waals surface area contributed by atoms with Gasteiger partial charge in [0.1, 0.15) is 5.75 Å². The van der Waals surface area contributed by atoms with Crippen LogP contribution in [0.3, 0.4) is 0 Å². The molecule has 1 rings (SSSR count). The first-order valence-electron chi connectivity index (χ1n) is 6.37. The second-order valence-corrected chi connectivity index (χ2v) is 5.57. The van der Waals surface area contributed by atoms with Gasteiger partial charge < -0.3 is 10.5 Å². The van der Waals surface area contributed by atoms with Crippen LogP contribution in [-0.2, 0) is 0 Å². The normalized spacial score (nSPS) is 11.3. The molecule has 1 aromatic carbocycles. The number of hydrogen-bond acceptors (Lipinski definition) is 2. The van der Waals surface area contributed by atoms with E-state index in [1.807, 2.05) is 26.0 Å². The minimum Gasteiger partial charge on any atom is -0.494 e. The number of nitrogens with two attached hydrogens (primary N) is 1. The molecule has 0 aliphatic heterocycles. The Hall–Kier alpha value is -1.51. The third-order valence-corrected chi connectivity index (χ3v) is 3.14. The Morgan fingerprint density at radius 1 is 1.22 bits per heavy atom. The molecular formula is C15H24N2O. The molecule has 3 heteroatoms. The molecule has 0 atom stereocenters. The molecule has 0 aliphatic carbocycles. The van der Waals surface area contributed by atoms with Gasteiger partial charge >= 0.3 is 0 Å². The molecular weight excluding hydrogens is 224 g/mol. The van der Waals surface area contributed by atoms with Crippen molar-refractivity contribution >= 4 is 5.84 Å². The van der Waals surface area contributed by atoms with Crippen LogP contribution in [-0.4, -0.2) is 12.4 Å². The molecule has 0 bridgehead atoms. The third-order valence-electron chi connectivity index (χ3n) is 3.14. The zero-order valence-electron chi connectivity index (χ0n) is 11.8. The maximum Gasteiger partial charge on any atom is 0.119 e. The molecule has 0 aromatic heterocycles. The standard InChI is InChI=1S/C15H24N2O/c1-11-8-12(2)10-13(9-11)18-7-5-6-15(3,4)14(16)17/h8-10H,5-7H2,1-4H3,(H3,16,17). The van der Waals surface area contributed by atoms with Crippen LogP contribution in [0, 0.1) is 24.7 Å². The lowest BCUT2D eigenvalue weighted by molar-refractivity contribution is 0.286. The first-order chi connectivity index (χ1) is 8.31. The van der Waals surface area contributed by atoms with Crippen LogP contribution in [0.5, 0.6) is 5.75 Å². The van der Waals surface area contributed by atoms with Crippen molar-refractivity contribution in [1.82, 2.24) is 0 Å². The van der Waals surface area contributed by atoms with Crippen LogP contribution >= 0.6 is 0 Å². The van der Waals surface area contributed by atoms with Crippen molar-refractivity contribution < 1.29 is 4.74 Å². The quantitative estimate of drug-likeness (QED) is 0.460. The van der Waals surface area contributed by atoms with Crippen molar-refractivity contribution in [3.05, 3.63) is 29.3 Å². The number of hydrogen-bond donors (Lipinski definition) is 2. The molecule has 3 N–H and O–H groups in total. The van der Waals surface area contributed by atoms with Crippen LogP contribution in [0.4, 0.5) is 0 Å². The molecule has 18 heavy (non-hydrogen) atoms. The fraction of sp³-hybridized carbons (Fsp3) is 0.533. The summed E-state index contributed by atoms with van der Waals surface area (Å²) in [5.74, 6) is 1.17. The van der Waals surface area contributed by atoms with Crippen LogP contribution in [0.2, 0.25) is 0 Å².